The van der Waals surface area contributed by atoms with Crippen molar-refractivity contribution in [3.05, 3.63) is 22.7 Å². The molecule has 0 aliphatic carbocycles. The van der Waals surface area contributed by atoms with Crippen LogP contribution in [0.1, 0.15) is 5.56 Å². The summed E-state index contributed by atoms with van der Waals surface area (Å²) >= 11 is 7.39. The average Bonchev–Trinajstić information content (AvgIpc) is 2.71. The van der Waals surface area contributed by atoms with Crippen LogP contribution in [0.3, 0.4) is 0 Å². The van der Waals surface area contributed by atoms with E-state index in [9.17, 15) is 8.42 Å². The van der Waals surface area contributed by atoms with Gasteiger partial charge in [0, 0.05) is 9.92 Å². The normalized spacial score (nSPS) is 20.8. The molecule has 17 heavy (non-hydrogen) atoms. The SMILES string of the molecule is Cc1cc2c(cc1Cl)SC1=NCCN1S2(=O)=O. The number of aliphatic imine (C=N–C) groups is 1. The van der Waals surface area contributed by atoms with Crippen LogP contribution in [0.2, 0.25) is 5.02 Å². The molecule has 7 heteroatoms. The summed E-state index contributed by atoms with van der Waals surface area (Å²) in [4.78, 5) is 5.19. The Balaban J connectivity index is 2.28. The fourth-order valence-corrected chi connectivity index (χ4v) is 5.27. The quantitative estimate of drug-likeness (QED) is 0.735. The highest BCUT2D eigenvalue weighted by atomic mass is 35.5. The second-order valence-electron chi connectivity index (χ2n) is 3.89. The molecule has 3 rings (SSSR count). The molecule has 2 aliphatic rings. The van der Waals surface area contributed by atoms with E-state index in [0.717, 1.165) is 5.56 Å². The summed E-state index contributed by atoms with van der Waals surface area (Å²) in [5.74, 6) is 0. The highest BCUT2D eigenvalue weighted by Crippen LogP contribution is 2.40. The van der Waals surface area contributed by atoms with Crippen molar-refractivity contribution in [3.8, 4) is 0 Å². The monoisotopic (exact) mass is 288 g/mol. The van der Waals surface area contributed by atoms with E-state index in [4.69, 9.17) is 11.6 Å². The summed E-state index contributed by atoms with van der Waals surface area (Å²) in [6.45, 7) is 2.77. The van der Waals surface area contributed by atoms with Gasteiger partial charge in [-0.3, -0.25) is 4.99 Å². The smallest absolute Gasteiger partial charge is 0.260 e. The van der Waals surface area contributed by atoms with Gasteiger partial charge in [-0.25, -0.2) is 12.7 Å². The van der Waals surface area contributed by atoms with E-state index in [1.54, 1.807) is 19.1 Å². The summed E-state index contributed by atoms with van der Waals surface area (Å²) in [6, 6.07) is 3.34. The maximum atomic E-state index is 12.3. The molecule has 0 radical (unpaired) electrons. The number of nitrogens with zero attached hydrogens (tertiary/aromatic N) is 2. The van der Waals surface area contributed by atoms with Gasteiger partial charge in [0.05, 0.1) is 13.1 Å². The molecule has 0 fully saturated rings. The number of hydrogen-bond donors (Lipinski definition) is 0. The lowest BCUT2D eigenvalue weighted by atomic mass is 10.2. The van der Waals surface area contributed by atoms with E-state index in [1.807, 2.05) is 0 Å². The molecule has 1 aromatic carbocycles. The minimum absolute atomic E-state index is 0.338. The van der Waals surface area contributed by atoms with Gasteiger partial charge in [0.1, 0.15) is 4.90 Å². The van der Waals surface area contributed by atoms with E-state index in [0.29, 0.717) is 33.1 Å². The molecule has 90 valence electrons. The molecular weight excluding hydrogens is 280 g/mol. The van der Waals surface area contributed by atoms with Gasteiger partial charge in [0.25, 0.3) is 10.0 Å². The molecule has 0 saturated carbocycles. The Hall–Kier alpha value is -0.720. The molecule has 0 saturated heterocycles. The summed E-state index contributed by atoms with van der Waals surface area (Å²) in [6.07, 6.45) is 0. The summed E-state index contributed by atoms with van der Waals surface area (Å²) in [5, 5.41) is 1.14. The molecule has 0 unspecified atom stereocenters. The number of amidine groups is 1. The maximum absolute atomic E-state index is 12.3. The van der Waals surface area contributed by atoms with Crippen molar-refractivity contribution < 1.29 is 8.42 Å². The lowest BCUT2D eigenvalue weighted by molar-refractivity contribution is 0.536. The Bertz CT molecular complexity index is 640. The number of rotatable bonds is 0. The highest BCUT2D eigenvalue weighted by Gasteiger charge is 2.38. The Morgan fingerprint density at radius 1 is 1.47 bits per heavy atom. The van der Waals surface area contributed by atoms with Crippen molar-refractivity contribution in [1.82, 2.24) is 4.31 Å². The summed E-state index contributed by atoms with van der Waals surface area (Å²) < 4.78 is 26.0. The van der Waals surface area contributed by atoms with Gasteiger partial charge in [-0.2, -0.15) is 0 Å². The van der Waals surface area contributed by atoms with Gasteiger partial charge in [0.15, 0.2) is 5.17 Å². The molecule has 1 aromatic rings. The molecule has 0 atom stereocenters. The van der Waals surface area contributed by atoms with Crippen molar-refractivity contribution in [2.24, 2.45) is 4.99 Å². The maximum Gasteiger partial charge on any atom is 0.267 e. The molecule has 2 aliphatic heterocycles. The number of sulfonamides is 1. The first-order chi connectivity index (χ1) is 8.00. The first kappa shape index (κ1) is 11.4. The van der Waals surface area contributed by atoms with E-state index < -0.39 is 10.0 Å². The highest BCUT2D eigenvalue weighted by molar-refractivity contribution is 8.16. The van der Waals surface area contributed by atoms with Gasteiger partial charge in [0.2, 0.25) is 0 Å². The van der Waals surface area contributed by atoms with Crippen LogP contribution in [-0.4, -0.2) is 31.0 Å². The molecule has 0 N–H and O–H groups in total. The first-order valence-corrected chi connectivity index (χ1v) is 7.69. The average molecular weight is 289 g/mol. The number of halogens is 1. The van der Waals surface area contributed by atoms with E-state index in [1.165, 1.54) is 16.1 Å². The second kappa shape index (κ2) is 3.63. The number of benzene rings is 1. The third kappa shape index (κ3) is 1.58. The van der Waals surface area contributed by atoms with Crippen LogP contribution < -0.4 is 0 Å². The standard InChI is InChI=1S/C10H9ClN2O2S2/c1-6-4-9-8(5-7(6)11)16-10-12-2-3-13(10)17(9,14)15/h4-5H,2-3H2,1H3. The fourth-order valence-electron chi connectivity index (χ4n) is 1.85. The Labute approximate surface area is 109 Å². The predicted octanol–water partition coefficient (Wildman–Crippen LogP) is 2.11. The van der Waals surface area contributed by atoms with E-state index >= 15 is 0 Å². The van der Waals surface area contributed by atoms with Crippen molar-refractivity contribution >= 4 is 38.6 Å². The van der Waals surface area contributed by atoms with Crippen molar-refractivity contribution in [1.29, 1.82) is 0 Å². The van der Waals surface area contributed by atoms with Crippen molar-refractivity contribution in [3.63, 3.8) is 0 Å². The van der Waals surface area contributed by atoms with Gasteiger partial charge in [-0.1, -0.05) is 11.6 Å². The lowest BCUT2D eigenvalue weighted by Gasteiger charge is -2.26. The largest absolute Gasteiger partial charge is 0.267 e. The van der Waals surface area contributed by atoms with Crippen LogP contribution in [0.25, 0.3) is 0 Å². The number of aryl methyl sites for hydroxylation is 1. The van der Waals surface area contributed by atoms with Gasteiger partial charge in [-0.05, 0) is 36.4 Å². The zero-order valence-corrected chi connectivity index (χ0v) is 11.4. The fraction of sp³-hybridized carbons (Fsp3) is 0.300. The topological polar surface area (TPSA) is 49.7 Å². The second-order valence-corrected chi connectivity index (χ2v) is 7.14. The minimum Gasteiger partial charge on any atom is -0.260 e. The zero-order valence-electron chi connectivity index (χ0n) is 8.97. The van der Waals surface area contributed by atoms with Crippen LogP contribution in [0.15, 0.2) is 26.9 Å². The third-order valence-electron chi connectivity index (χ3n) is 2.76. The molecular formula is C10H9ClN2O2S2. The number of thioether (sulfide) groups is 1. The van der Waals surface area contributed by atoms with E-state index in [-0.39, 0.29) is 0 Å². The number of fused-ring (bicyclic) bond motifs is 2. The van der Waals surface area contributed by atoms with Gasteiger partial charge < -0.3 is 0 Å². The van der Waals surface area contributed by atoms with Crippen LogP contribution in [0.4, 0.5) is 0 Å². The predicted molar refractivity (Wildman–Crippen MR) is 68.2 cm³/mol. The molecule has 2 heterocycles. The molecule has 0 amide bonds. The number of hydrogen-bond acceptors (Lipinski definition) is 4. The third-order valence-corrected chi connectivity index (χ3v) is 6.33. The van der Waals surface area contributed by atoms with Crippen LogP contribution in [-0.2, 0) is 10.0 Å². The summed E-state index contributed by atoms with van der Waals surface area (Å²) in [5.41, 5.74) is 0.772. The minimum atomic E-state index is -3.44. The Kier molecular flexibility index (Phi) is 2.43. The van der Waals surface area contributed by atoms with Gasteiger partial charge in [-0.15, -0.1) is 0 Å². The van der Waals surface area contributed by atoms with Crippen molar-refractivity contribution in [2.45, 2.75) is 16.7 Å². The first-order valence-electron chi connectivity index (χ1n) is 5.05. The summed E-state index contributed by atoms with van der Waals surface area (Å²) in [7, 11) is -3.44. The molecule has 0 aromatic heterocycles. The van der Waals surface area contributed by atoms with E-state index in [2.05, 4.69) is 4.99 Å². The molecule has 4 nitrogen and oxygen atoms in total. The van der Waals surface area contributed by atoms with Crippen molar-refractivity contribution in [2.75, 3.05) is 13.1 Å². The van der Waals surface area contributed by atoms with Crippen LogP contribution >= 0.6 is 23.4 Å². The van der Waals surface area contributed by atoms with Crippen LogP contribution in [0, 0.1) is 6.92 Å². The molecule has 0 bridgehead atoms. The lowest BCUT2D eigenvalue weighted by Crippen LogP contribution is -2.35. The Morgan fingerprint density at radius 2 is 2.24 bits per heavy atom. The Morgan fingerprint density at radius 3 is 3.00 bits per heavy atom. The van der Waals surface area contributed by atoms with Gasteiger partial charge >= 0.3 is 0 Å². The molecule has 0 spiro atoms. The zero-order chi connectivity index (χ0) is 12.2. The van der Waals surface area contributed by atoms with Crippen LogP contribution in [0.5, 0.6) is 0 Å².